The maximum absolute atomic E-state index is 8.77. The van der Waals surface area contributed by atoms with Gasteiger partial charge in [0.15, 0.2) is 0 Å². The molecule has 1 N–H and O–H groups in total. The first-order valence-corrected chi connectivity index (χ1v) is 5.41. The van der Waals surface area contributed by atoms with Gasteiger partial charge in [0.2, 0.25) is 0 Å². The largest absolute Gasteiger partial charge is 0.497 e. The van der Waals surface area contributed by atoms with Crippen LogP contribution in [0.2, 0.25) is 0 Å². The van der Waals surface area contributed by atoms with Crippen molar-refractivity contribution < 1.29 is 14.6 Å². The fourth-order valence-corrected chi connectivity index (χ4v) is 1.50. The molecule has 16 heavy (non-hydrogen) atoms. The molecular formula is C13H20O3. The summed E-state index contributed by atoms with van der Waals surface area (Å²) in [7, 11) is 1.65. The van der Waals surface area contributed by atoms with Crippen LogP contribution in [0.15, 0.2) is 18.2 Å². The summed E-state index contributed by atoms with van der Waals surface area (Å²) in [6.45, 7) is 6.69. The summed E-state index contributed by atoms with van der Waals surface area (Å²) in [6, 6.07) is 5.73. The van der Waals surface area contributed by atoms with Crippen molar-refractivity contribution in [1.29, 1.82) is 0 Å². The van der Waals surface area contributed by atoms with E-state index in [0.29, 0.717) is 6.61 Å². The van der Waals surface area contributed by atoms with Crippen LogP contribution in [0.3, 0.4) is 0 Å². The molecule has 0 heterocycles. The summed E-state index contributed by atoms with van der Waals surface area (Å²) in [5.74, 6) is 1.63. The molecule has 0 atom stereocenters. The van der Waals surface area contributed by atoms with Gasteiger partial charge in [-0.05, 0) is 23.6 Å². The zero-order chi connectivity index (χ0) is 12.2. The Morgan fingerprint density at radius 1 is 1.25 bits per heavy atom. The molecule has 3 nitrogen and oxygen atoms in total. The summed E-state index contributed by atoms with van der Waals surface area (Å²) < 4.78 is 10.7. The third-order valence-electron chi connectivity index (χ3n) is 2.34. The van der Waals surface area contributed by atoms with Crippen molar-refractivity contribution in [2.45, 2.75) is 26.2 Å². The van der Waals surface area contributed by atoms with Crippen molar-refractivity contribution in [1.82, 2.24) is 0 Å². The fourth-order valence-electron chi connectivity index (χ4n) is 1.50. The normalized spacial score (nSPS) is 11.3. The van der Waals surface area contributed by atoms with Gasteiger partial charge in [0.25, 0.3) is 0 Å². The minimum atomic E-state index is -0.0146. The Balaban J connectivity index is 3.06. The third-order valence-corrected chi connectivity index (χ3v) is 2.34. The Bertz CT molecular complexity index is 340. The topological polar surface area (TPSA) is 38.7 Å². The van der Waals surface area contributed by atoms with Crippen LogP contribution in [0.5, 0.6) is 11.5 Å². The quantitative estimate of drug-likeness (QED) is 0.853. The van der Waals surface area contributed by atoms with E-state index in [0.717, 1.165) is 17.1 Å². The number of hydrogen-bond donors (Lipinski definition) is 1. The Labute approximate surface area is 97.0 Å². The highest BCUT2D eigenvalue weighted by molar-refractivity contribution is 5.44. The smallest absolute Gasteiger partial charge is 0.123 e. The van der Waals surface area contributed by atoms with Crippen LogP contribution in [0, 0.1) is 0 Å². The number of aliphatic hydroxyl groups excluding tert-OH is 1. The second-order valence-electron chi connectivity index (χ2n) is 4.68. The van der Waals surface area contributed by atoms with E-state index in [9.17, 15) is 0 Å². The van der Waals surface area contributed by atoms with E-state index in [1.165, 1.54) is 0 Å². The number of hydrogen-bond acceptors (Lipinski definition) is 3. The summed E-state index contributed by atoms with van der Waals surface area (Å²) >= 11 is 0. The molecule has 0 amide bonds. The van der Waals surface area contributed by atoms with E-state index in [4.69, 9.17) is 14.6 Å². The maximum atomic E-state index is 8.77. The molecule has 0 saturated carbocycles. The van der Waals surface area contributed by atoms with Crippen molar-refractivity contribution >= 4 is 0 Å². The van der Waals surface area contributed by atoms with Crippen LogP contribution in [0.1, 0.15) is 26.3 Å². The molecule has 0 aliphatic carbocycles. The Morgan fingerprint density at radius 3 is 2.44 bits per heavy atom. The number of ether oxygens (including phenoxy) is 2. The van der Waals surface area contributed by atoms with Gasteiger partial charge in [-0.3, -0.25) is 0 Å². The molecule has 1 rings (SSSR count). The van der Waals surface area contributed by atoms with Crippen LogP contribution < -0.4 is 9.47 Å². The Kier molecular flexibility index (Phi) is 4.19. The standard InChI is InChI=1S/C13H20O3/c1-13(2,3)11-9-10(15-4)5-6-12(11)16-8-7-14/h5-6,9,14H,7-8H2,1-4H3. The molecule has 1 aromatic rings. The minimum absolute atomic E-state index is 0.0146. The summed E-state index contributed by atoms with van der Waals surface area (Å²) in [4.78, 5) is 0. The molecule has 0 unspecified atom stereocenters. The average molecular weight is 224 g/mol. The minimum Gasteiger partial charge on any atom is -0.497 e. The number of methoxy groups -OCH3 is 1. The van der Waals surface area contributed by atoms with E-state index in [1.54, 1.807) is 7.11 Å². The first-order valence-electron chi connectivity index (χ1n) is 5.41. The highest BCUT2D eigenvalue weighted by Gasteiger charge is 2.19. The van der Waals surface area contributed by atoms with E-state index >= 15 is 0 Å². The second-order valence-corrected chi connectivity index (χ2v) is 4.68. The molecule has 0 bridgehead atoms. The second kappa shape index (κ2) is 5.21. The van der Waals surface area contributed by atoms with Gasteiger partial charge >= 0.3 is 0 Å². The van der Waals surface area contributed by atoms with Gasteiger partial charge < -0.3 is 14.6 Å². The summed E-state index contributed by atoms with van der Waals surface area (Å²) in [5, 5.41) is 8.77. The summed E-state index contributed by atoms with van der Waals surface area (Å²) in [5.41, 5.74) is 1.07. The number of benzene rings is 1. The van der Waals surface area contributed by atoms with Gasteiger partial charge in [0, 0.05) is 5.56 Å². The van der Waals surface area contributed by atoms with Gasteiger partial charge in [0.05, 0.1) is 13.7 Å². The van der Waals surface area contributed by atoms with Crippen LogP contribution in [-0.2, 0) is 5.41 Å². The molecule has 0 saturated heterocycles. The lowest BCUT2D eigenvalue weighted by atomic mass is 9.86. The molecule has 0 fully saturated rings. The fraction of sp³-hybridized carbons (Fsp3) is 0.538. The lowest BCUT2D eigenvalue weighted by molar-refractivity contribution is 0.198. The lowest BCUT2D eigenvalue weighted by Crippen LogP contribution is -2.14. The van der Waals surface area contributed by atoms with E-state index in [2.05, 4.69) is 20.8 Å². The molecule has 0 aliphatic heterocycles. The molecule has 1 aromatic carbocycles. The highest BCUT2D eigenvalue weighted by atomic mass is 16.5. The molecule has 0 aromatic heterocycles. The first kappa shape index (κ1) is 12.8. The zero-order valence-corrected chi connectivity index (χ0v) is 10.4. The van der Waals surface area contributed by atoms with Gasteiger partial charge in [-0.15, -0.1) is 0 Å². The van der Waals surface area contributed by atoms with E-state index < -0.39 is 0 Å². The van der Waals surface area contributed by atoms with Gasteiger partial charge in [-0.2, -0.15) is 0 Å². The molecular weight excluding hydrogens is 204 g/mol. The summed E-state index contributed by atoms with van der Waals surface area (Å²) in [6.07, 6.45) is 0. The van der Waals surface area contributed by atoms with Crippen molar-refractivity contribution in [2.24, 2.45) is 0 Å². The Morgan fingerprint density at radius 2 is 1.94 bits per heavy atom. The monoisotopic (exact) mass is 224 g/mol. The van der Waals surface area contributed by atoms with Crippen LogP contribution in [0.4, 0.5) is 0 Å². The molecule has 90 valence electrons. The molecule has 3 heteroatoms. The zero-order valence-electron chi connectivity index (χ0n) is 10.4. The van der Waals surface area contributed by atoms with Crippen LogP contribution in [-0.4, -0.2) is 25.4 Å². The van der Waals surface area contributed by atoms with Crippen molar-refractivity contribution in [3.63, 3.8) is 0 Å². The number of rotatable bonds is 4. The molecule has 0 spiro atoms. The van der Waals surface area contributed by atoms with Crippen molar-refractivity contribution in [2.75, 3.05) is 20.3 Å². The third kappa shape index (κ3) is 3.14. The Hall–Kier alpha value is -1.22. The molecule has 0 aliphatic rings. The van der Waals surface area contributed by atoms with Crippen LogP contribution in [0.25, 0.3) is 0 Å². The predicted molar refractivity (Wildman–Crippen MR) is 64.3 cm³/mol. The van der Waals surface area contributed by atoms with Gasteiger partial charge in [0.1, 0.15) is 18.1 Å². The SMILES string of the molecule is COc1ccc(OCCO)c(C(C)(C)C)c1. The van der Waals surface area contributed by atoms with E-state index in [-0.39, 0.29) is 12.0 Å². The highest BCUT2D eigenvalue weighted by Crippen LogP contribution is 2.34. The maximum Gasteiger partial charge on any atom is 0.123 e. The van der Waals surface area contributed by atoms with Crippen molar-refractivity contribution in [3.8, 4) is 11.5 Å². The van der Waals surface area contributed by atoms with Gasteiger partial charge in [-0.1, -0.05) is 20.8 Å². The van der Waals surface area contributed by atoms with E-state index in [1.807, 2.05) is 18.2 Å². The number of aliphatic hydroxyl groups is 1. The lowest BCUT2D eigenvalue weighted by Gasteiger charge is -2.23. The van der Waals surface area contributed by atoms with Gasteiger partial charge in [-0.25, -0.2) is 0 Å². The van der Waals surface area contributed by atoms with Crippen molar-refractivity contribution in [3.05, 3.63) is 23.8 Å². The first-order chi connectivity index (χ1) is 7.49. The molecule has 0 radical (unpaired) electrons. The van der Waals surface area contributed by atoms with Crippen LogP contribution >= 0.6 is 0 Å². The predicted octanol–water partition coefficient (Wildman–Crippen LogP) is 2.36. The average Bonchev–Trinajstić information content (AvgIpc) is 2.25.